The van der Waals surface area contributed by atoms with Gasteiger partial charge in [-0.15, -0.1) is 0 Å². The number of aromatic nitrogens is 5. The van der Waals surface area contributed by atoms with Gasteiger partial charge in [0.1, 0.15) is 23.6 Å². The van der Waals surface area contributed by atoms with E-state index in [2.05, 4.69) is 31.0 Å². The maximum absolute atomic E-state index is 14.1. The lowest BCUT2D eigenvalue weighted by Crippen LogP contribution is -2.37. The lowest BCUT2D eigenvalue weighted by atomic mass is 10.1. The number of rotatable bonds is 6. The van der Waals surface area contributed by atoms with Crippen molar-refractivity contribution in [3.05, 3.63) is 66.4 Å². The molecule has 0 radical (unpaired) electrons. The van der Waals surface area contributed by atoms with Crippen molar-refractivity contribution >= 4 is 16.9 Å². The summed E-state index contributed by atoms with van der Waals surface area (Å²) in [5.74, 6) is -2.01. The minimum Gasteiger partial charge on any atom is -0.346 e. The molecule has 0 bridgehead atoms. The van der Waals surface area contributed by atoms with E-state index < -0.39 is 17.5 Å². The second-order valence-electron chi connectivity index (χ2n) is 8.76. The Kier molecular flexibility index (Phi) is 6.69. The Morgan fingerprint density at radius 1 is 1.17 bits per heavy atom. The van der Waals surface area contributed by atoms with E-state index in [9.17, 15) is 18.8 Å². The SMILES string of the molecule is N#CCC(CN1CCCN(C(=O)c2ccc(F)cc2F)CC1)n1cc(-c2ncnc3[nH]ccc23)cn1. The molecule has 1 N–H and O–H groups in total. The van der Waals surface area contributed by atoms with Gasteiger partial charge in [0.15, 0.2) is 0 Å². The first kappa shape index (κ1) is 23.6. The predicted molar refractivity (Wildman–Crippen MR) is 128 cm³/mol. The van der Waals surface area contributed by atoms with Crippen LogP contribution >= 0.6 is 0 Å². The summed E-state index contributed by atoms with van der Waals surface area (Å²) in [6.45, 7) is 2.75. The molecule has 3 aromatic heterocycles. The Morgan fingerprint density at radius 2 is 2.06 bits per heavy atom. The summed E-state index contributed by atoms with van der Waals surface area (Å²) in [7, 11) is 0. The summed E-state index contributed by atoms with van der Waals surface area (Å²) < 4.78 is 29.2. The number of halogens is 2. The van der Waals surface area contributed by atoms with Gasteiger partial charge in [0, 0.05) is 55.6 Å². The normalized spacial score (nSPS) is 15.5. The minimum atomic E-state index is -0.856. The van der Waals surface area contributed by atoms with Gasteiger partial charge in [-0.3, -0.25) is 14.4 Å². The molecule has 0 aliphatic carbocycles. The van der Waals surface area contributed by atoms with Gasteiger partial charge >= 0.3 is 0 Å². The molecule has 4 heterocycles. The molecule has 5 rings (SSSR count). The Bertz CT molecular complexity index is 1420. The van der Waals surface area contributed by atoms with Crippen LogP contribution in [0.15, 0.2) is 49.2 Å². The maximum Gasteiger partial charge on any atom is 0.256 e. The van der Waals surface area contributed by atoms with Crippen LogP contribution in [0, 0.1) is 23.0 Å². The van der Waals surface area contributed by atoms with Gasteiger partial charge < -0.3 is 9.88 Å². The van der Waals surface area contributed by atoms with E-state index >= 15 is 0 Å². The summed E-state index contributed by atoms with van der Waals surface area (Å²) in [4.78, 5) is 28.3. The first-order valence-electron chi connectivity index (χ1n) is 11.7. The molecule has 1 aliphatic heterocycles. The molecule has 1 aromatic carbocycles. The van der Waals surface area contributed by atoms with Crippen LogP contribution in [-0.2, 0) is 0 Å². The number of hydrogen-bond donors (Lipinski definition) is 1. The number of carbonyl (C=O) groups is 1. The lowest BCUT2D eigenvalue weighted by Gasteiger charge is -2.25. The summed E-state index contributed by atoms with van der Waals surface area (Å²) in [5.41, 5.74) is 2.21. The van der Waals surface area contributed by atoms with Gasteiger partial charge in [-0.2, -0.15) is 10.4 Å². The monoisotopic (exact) mass is 490 g/mol. The number of amides is 1. The van der Waals surface area contributed by atoms with Gasteiger partial charge in [0.2, 0.25) is 0 Å². The van der Waals surface area contributed by atoms with Crippen LogP contribution in [0.5, 0.6) is 0 Å². The van der Waals surface area contributed by atoms with Crippen molar-refractivity contribution in [2.45, 2.75) is 18.9 Å². The molecule has 1 saturated heterocycles. The molecule has 1 aliphatic rings. The first-order chi connectivity index (χ1) is 17.5. The van der Waals surface area contributed by atoms with Crippen LogP contribution in [0.3, 0.4) is 0 Å². The maximum atomic E-state index is 14.1. The number of nitrogens with one attached hydrogen (secondary N) is 1. The number of carbonyl (C=O) groups excluding carboxylic acids is 1. The molecular weight excluding hydrogens is 466 g/mol. The zero-order chi connectivity index (χ0) is 25.1. The zero-order valence-electron chi connectivity index (χ0n) is 19.4. The third-order valence-electron chi connectivity index (χ3n) is 6.44. The molecular formula is C25H24F2N8O. The van der Waals surface area contributed by atoms with E-state index in [4.69, 9.17) is 0 Å². The van der Waals surface area contributed by atoms with Gasteiger partial charge in [-0.05, 0) is 31.2 Å². The molecule has 1 unspecified atom stereocenters. The van der Waals surface area contributed by atoms with E-state index in [1.165, 1.54) is 12.4 Å². The Morgan fingerprint density at radius 3 is 2.89 bits per heavy atom. The van der Waals surface area contributed by atoms with Crippen LogP contribution < -0.4 is 0 Å². The van der Waals surface area contributed by atoms with E-state index in [1.807, 2.05) is 18.5 Å². The minimum absolute atomic E-state index is 0.127. The second kappa shape index (κ2) is 10.2. The molecule has 9 nitrogen and oxygen atoms in total. The highest BCUT2D eigenvalue weighted by Crippen LogP contribution is 2.26. The van der Waals surface area contributed by atoms with Crippen LogP contribution in [0.2, 0.25) is 0 Å². The fourth-order valence-corrected chi connectivity index (χ4v) is 4.60. The molecule has 0 saturated carbocycles. The number of benzene rings is 1. The summed E-state index contributed by atoms with van der Waals surface area (Å²) >= 11 is 0. The van der Waals surface area contributed by atoms with Crippen molar-refractivity contribution in [3.8, 4) is 17.3 Å². The first-order valence-corrected chi connectivity index (χ1v) is 11.7. The highest BCUT2D eigenvalue weighted by molar-refractivity contribution is 5.94. The van der Waals surface area contributed by atoms with E-state index in [-0.39, 0.29) is 18.0 Å². The Balaban J connectivity index is 1.28. The van der Waals surface area contributed by atoms with Gasteiger partial charge in [-0.25, -0.2) is 18.7 Å². The molecule has 1 amide bonds. The molecule has 4 aromatic rings. The Labute approximate surface area is 206 Å². The third-order valence-corrected chi connectivity index (χ3v) is 6.44. The van der Waals surface area contributed by atoms with Crippen molar-refractivity contribution in [1.82, 2.24) is 34.5 Å². The van der Waals surface area contributed by atoms with Crippen molar-refractivity contribution in [1.29, 1.82) is 5.26 Å². The highest BCUT2D eigenvalue weighted by atomic mass is 19.1. The van der Waals surface area contributed by atoms with Crippen molar-refractivity contribution in [2.75, 3.05) is 32.7 Å². The average Bonchev–Trinajstić information content (AvgIpc) is 3.49. The molecule has 1 fully saturated rings. The van der Waals surface area contributed by atoms with E-state index in [0.29, 0.717) is 32.6 Å². The van der Waals surface area contributed by atoms with Crippen LogP contribution in [0.25, 0.3) is 22.3 Å². The van der Waals surface area contributed by atoms with Gasteiger partial charge in [0.05, 0.1) is 36.0 Å². The molecule has 11 heteroatoms. The lowest BCUT2D eigenvalue weighted by molar-refractivity contribution is 0.0755. The van der Waals surface area contributed by atoms with Crippen LogP contribution in [0.4, 0.5) is 8.78 Å². The average molecular weight is 491 g/mol. The number of H-pyrrole nitrogens is 1. The van der Waals surface area contributed by atoms with Crippen molar-refractivity contribution < 1.29 is 13.6 Å². The quantitative estimate of drug-likeness (QED) is 0.444. The molecule has 0 spiro atoms. The van der Waals surface area contributed by atoms with Gasteiger partial charge in [-0.1, -0.05) is 0 Å². The smallest absolute Gasteiger partial charge is 0.256 e. The fourth-order valence-electron chi connectivity index (χ4n) is 4.60. The summed E-state index contributed by atoms with van der Waals surface area (Å²) in [5, 5.41) is 14.9. The van der Waals surface area contributed by atoms with Crippen LogP contribution in [0.1, 0.15) is 29.2 Å². The predicted octanol–water partition coefficient (Wildman–Crippen LogP) is 3.40. The summed E-state index contributed by atoms with van der Waals surface area (Å²) in [6, 6.07) is 6.98. The largest absolute Gasteiger partial charge is 0.346 e. The number of nitrogens with zero attached hydrogens (tertiary/aromatic N) is 7. The third kappa shape index (κ3) is 4.81. The van der Waals surface area contributed by atoms with E-state index in [1.54, 1.807) is 15.8 Å². The summed E-state index contributed by atoms with van der Waals surface area (Å²) in [6.07, 6.45) is 7.90. The second-order valence-corrected chi connectivity index (χ2v) is 8.76. The highest BCUT2D eigenvalue weighted by Gasteiger charge is 2.25. The topological polar surface area (TPSA) is 107 Å². The molecule has 184 valence electrons. The van der Waals surface area contributed by atoms with Crippen molar-refractivity contribution in [3.63, 3.8) is 0 Å². The zero-order valence-corrected chi connectivity index (χ0v) is 19.4. The fraction of sp³-hybridized carbons (Fsp3) is 0.320. The molecule has 1 atom stereocenters. The number of nitriles is 1. The Hall–Kier alpha value is -4.17. The molecule has 36 heavy (non-hydrogen) atoms. The number of aromatic amines is 1. The standard InChI is InChI=1S/C25H24F2N8O/c26-18-2-3-20(22(27)12-18)25(36)34-9-1-8-33(10-11-34)15-19(4-6-28)35-14-17(13-32-35)23-21-5-7-29-24(21)31-16-30-23/h2-3,5,7,12-14,16,19H,1,4,8-11,15H2,(H,29,30,31). The number of fused-ring (bicyclic) bond motifs is 1. The van der Waals surface area contributed by atoms with Crippen molar-refractivity contribution in [2.24, 2.45) is 0 Å². The number of hydrogen-bond acceptors (Lipinski definition) is 6. The van der Waals surface area contributed by atoms with Gasteiger partial charge in [0.25, 0.3) is 5.91 Å². The van der Waals surface area contributed by atoms with E-state index in [0.717, 1.165) is 41.0 Å². The van der Waals surface area contributed by atoms with Crippen LogP contribution in [-0.4, -0.2) is 73.2 Å².